The lowest BCUT2D eigenvalue weighted by molar-refractivity contribution is 1.20. The molecule has 0 amide bonds. The predicted molar refractivity (Wildman–Crippen MR) is 172 cm³/mol. The molecule has 5 aliphatic heterocycles. The van der Waals surface area contributed by atoms with E-state index in [1.807, 2.05) is 103 Å². The number of hydrogen-bond donors (Lipinski definition) is 2. The minimum Gasteiger partial charge on any atom is -0.324 e. The number of benzene rings is 5. The first-order chi connectivity index (χ1) is 21.7. The highest BCUT2D eigenvalue weighted by molar-refractivity contribution is 6.23. The van der Waals surface area contributed by atoms with Crippen LogP contribution < -0.4 is 21.4 Å². The molecule has 44 heavy (non-hydrogen) atoms. The summed E-state index contributed by atoms with van der Waals surface area (Å²) < 4.78 is 0. The summed E-state index contributed by atoms with van der Waals surface area (Å²) in [6.45, 7) is 0. The second-order valence-electron chi connectivity index (χ2n) is 10.6. The SMILES string of the molecule is c1ccc2c(c1)C1=N/C2=N\c2[nH]c(c3ccccc23)N=c2ccc(cc2)=Nc2[nH]c(c3ccccc23)N=c2ccc(cc2)=N1. The number of hydrogen-bond acceptors (Lipinski definition) is 6. The molecule has 12 rings (SSSR count). The zero-order valence-electron chi connectivity index (χ0n) is 23.2. The molecule has 8 heteroatoms. The van der Waals surface area contributed by atoms with Crippen molar-refractivity contribution in [3.63, 3.8) is 0 Å². The summed E-state index contributed by atoms with van der Waals surface area (Å²) >= 11 is 0. The number of nitrogens with zero attached hydrogens (tertiary/aromatic N) is 6. The maximum Gasteiger partial charge on any atom is 0.164 e. The highest BCUT2D eigenvalue weighted by Gasteiger charge is 2.22. The summed E-state index contributed by atoms with van der Waals surface area (Å²) in [4.78, 5) is 36.5. The van der Waals surface area contributed by atoms with E-state index in [4.69, 9.17) is 30.0 Å². The van der Waals surface area contributed by atoms with Gasteiger partial charge < -0.3 is 9.97 Å². The van der Waals surface area contributed by atoms with Gasteiger partial charge in [0.1, 0.15) is 23.3 Å². The largest absolute Gasteiger partial charge is 0.324 e. The average molecular weight is 567 g/mol. The quantitative estimate of drug-likeness (QED) is 0.226. The summed E-state index contributed by atoms with van der Waals surface area (Å²) in [5.41, 5.74) is 1.87. The van der Waals surface area contributed by atoms with Crippen molar-refractivity contribution < 1.29 is 0 Å². The Morgan fingerprint density at radius 2 is 0.614 bits per heavy atom. The Labute approximate surface area is 250 Å². The highest BCUT2D eigenvalue weighted by atomic mass is 15.1. The van der Waals surface area contributed by atoms with Crippen LogP contribution in [0.3, 0.4) is 0 Å². The third-order valence-electron chi connectivity index (χ3n) is 7.84. The maximum absolute atomic E-state index is 5.01. The van der Waals surface area contributed by atoms with Gasteiger partial charge in [0.2, 0.25) is 0 Å². The maximum atomic E-state index is 5.01. The lowest BCUT2D eigenvalue weighted by Gasteiger charge is -1.98. The molecular formula is C36H22N8. The molecule has 8 nitrogen and oxygen atoms in total. The zero-order valence-corrected chi connectivity index (χ0v) is 23.2. The first-order valence-electron chi connectivity index (χ1n) is 14.3. The Kier molecular flexibility index (Phi) is 5.33. The number of fused-ring (bicyclic) bond motifs is 3. The molecule has 0 unspecified atom stereocenters. The van der Waals surface area contributed by atoms with E-state index in [1.165, 1.54) is 0 Å². The monoisotopic (exact) mass is 566 g/mol. The van der Waals surface area contributed by atoms with Gasteiger partial charge in [-0.2, -0.15) is 0 Å². The minimum absolute atomic E-state index is 0.604. The third-order valence-corrected chi connectivity index (χ3v) is 7.84. The number of nitrogens with one attached hydrogen (secondary N) is 2. The van der Waals surface area contributed by atoms with Gasteiger partial charge in [0.25, 0.3) is 0 Å². The van der Waals surface area contributed by atoms with Crippen molar-refractivity contribution >= 4 is 56.5 Å². The van der Waals surface area contributed by atoms with Gasteiger partial charge in [0.15, 0.2) is 11.7 Å². The minimum atomic E-state index is 0.604. The van der Waals surface area contributed by atoms with Crippen LogP contribution in [0.25, 0.3) is 21.5 Å². The molecule has 5 aliphatic rings. The number of aromatic nitrogens is 2. The molecule has 10 bridgehead atoms. The lowest BCUT2D eigenvalue weighted by Crippen LogP contribution is -2.10. The van der Waals surface area contributed by atoms with E-state index in [0.29, 0.717) is 17.5 Å². The number of aromatic amines is 2. The van der Waals surface area contributed by atoms with Crippen LogP contribution in [-0.4, -0.2) is 21.6 Å². The Hall–Kier alpha value is -6.28. The molecule has 0 saturated heterocycles. The Balaban J connectivity index is 1.33. The first kappa shape index (κ1) is 24.3. The number of H-pyrrole nitrogens is 2. The fourth-order valence-corrected chi connectivity index (χ4v) is 5.72. The zero-order chi connectivity index (χ0) is 29.0. The van der Waals surface area contributed by atoms with Crippen LogP contribution in [0.5, 0.6) is 0 Å². The smallest absolute Gasteiger partial charge is 0.164 e. The summed E-state index contributed by atoms with van der Waals surface area (Å²) in [5, 5.41) is 7.16. The summed E-state index contributed by atoms with van der Waals surface area (Å²) in [7, 11) is 0. The van der Waals surface area contributed by atoms with Crippen LogP contribution in [0.15, 0.2) is 151 Å². The van der Waals surface area contributed by atoms with Crippen LogP contribution in [0, 0.1) is 0 Å². The molecule has 0 radical (unpaired) electrons. The Morgan fingerprint density at radius 3 is 1.02 bits per heavy atom. The first-order valence-corrected chi connectivity index (χ1v) is 14.3. The van der Waals surface area contributed by atoms with Gasteiger partial charge >= 0.3 is 0 Å². The van der Waals surface area contributed by atoms with Crippen molar-refractivity contribution in [1.29, 1.82) is 0 Å². The molecule has 2 N–H and O–H groups in total. The Morgan fingerprint density at radius 1 is 0.295 bits per heavy atom. The molecule has 0 atom stereocenters. The van der Waals surface area contributed by atoms with E-state index in [2.05, 4.69) is 28.2 Å². The van der Waals surface area contributed by atoms with Gasteiger partial charge in [0.05, 0.1) is 21.4 Å². The van der Waals surface area contributed by atoms with Crippen molar-refractivity contribution in [1.82, 2.24) is 9.97 Å². The van der Waals surface area contributed by atoms with E-state index in [9.17, 15) is 0 Å². The van der Waals surface area contributed by atoms with Gasteiger partial charge in [-0.3, -0.25) is 0 Å². The fraction of sp³-hybridized carbons (Fsp3) is 0. The Bertz CT molecular complexity index is 2570. The van der Waals surface area contributed by atoms with Crippen LogP contribution in [0.4, 0.5) is 23.3 Å². The average Bonchev–Trinajstić information content (AvgIpc) is 3.71. The molecule has 0 spiro atoms. The van der Waals surface area contributed by atoms with E-state index in [0.717, 1.165) is 71.6 Å². The standard InChI is InChI=1S/C36H22N8/c1-2-8-26-25(7-1)31-37-21-13-17-23(18-14-21)39-33-27-9-3-5-11-29(27)35(42-33)44-36-30-12-6-4-10-28(30)34(43-36)40-24-19-15-22(16-20-24)38-32(26)41-31/h1-20H,(H,37,38,41)(H,39,40,42,43,44). The number of rotatable bonds is 0. The van der Waals surface area contributed by atoms with Crippen LogP contribution in [0.2, 0.25) is 0 Å². The van der Waals surface area contributed by atoms with Crippen LogP contribution >= 0.6 is 0 Å². The summed E-state index contributed by atoms with van der Waals surface area (Å²) in [6, 6.07) is 40.0. The molecular weight excluding hydrogens is 544 g/mol. The number of aliphatic imine (C=N–C) groups is 2. The van der Waals surface area contributed by atoms with Crippen molar-refractivity contribution in [2.45, 2.75) is 0 Å². The topological polar surface area (TPSA) is 106 Å². The molecule has 2 aromatic heterocycles. The second-order valence-corrected chi connectivity index (χ2v) is 10.6. The predicted octanol–water partition coefficient (Wildman–Crippen LogP) is 5.97. The normalized spacial score (nSPS) is 14.7. The molecule has 0 fully saturated rings. The van der Waals surface area contributed by atoms with E-state index in [1.54, 1.807) is 0 Å². The van der Waals surface area contributed by atoms with Gasteiger partial charge in [-0.25, -0.2) is 30.0 Å². The van der Waals surface area contributed by atoms with Gasteiger partial charge in [-0.15, -0.1) is 0 Å². The molecule has 0 saturated carbocycles. The van der Waals surface area contributed by atoms with E-state index < -0.39 is 0 Å². The molecule has 7 heterocycles. The molecule has 5 aromatic carbocycles. The fourth-order valence-electron chi connectivity index (χ4n) is 5.72. The van der Waals surface area contributed by atoms with Crippen LogP contribution in [-0.2, 0) is 0 Å². The highest BCUT2D eigenvalue weighted by Crippen LogP contribution is 2.35. The number of amidine groups is 2. The summed E-state index contributed by atoms with van der Waals surface area (Å²) in [6.07, 6.45) is 0. The van der Waals surface area contributed by atoms with Crippen LogP contribution in [0.1, 0.15) is 11.1 Å². The third kappa shape index (κ3) is 4.08. The van der Waals surface area contributed by atoms with E-state index in [-0.39, 0.29) is 0 Å². The molecule has 0 aliphatic carbocycles. The van der Waals surface area contributed by atoms with E-state index >= 15 is 0 Å². The van der Waals surface area contributed by atoms with Crippen molar-refractivity contribution in [2.24, 2.45) is 30.0 Å². The van der Waals surface area contributed by atoms with Crippen molar-refractivity contribution in [2.75, 3.05) is 0 Å². The van der Waals surface area contributed by atoms with Crippen molar-refractivity contribution in [3.05, 3.63) is 154 Å². The molecule has 7 aromatic rings. The van der Waals surface area contributed by atoms with Crippen molar-refractivity contribution in [3.8, 4) is 0 Å². The van der Waals surface area contributed by atoms with Gasteiger partial charge in [-0.1, -0.05) is 72.8 Å². The van der Waals surface area contributed by atoms with Gasteiger partial charge in [0, 0.05) is 32.7 Å². The summed E-state index contributed by atoms with van der Waals surface area (Å²) in [5.74, 6) is 4.16. The second kappa shape index (κ2) is 9.64. The molecule has 206 valence electrons. The lowest BCUT2D eigenvalue weighted by atomic mass is 10.1. The van der Waals surface area contributed by atoms with Gasteiger partial charge in [-0.05, 0) is 48.5 Å².